The van der Waals surface area contributed by atoms with Crippen molar-refractivity contribution < 1.29 is 28.8 Å². The van der Waals surface area contributed by atoms with E-state index in [0.29, 0.717) is 0 Å². The number of hydrogen-bond donors (Lipinski definition) is 4. The van der Waals surface area contributed by atoms with E-state index < -0.39 is 15.1 Å². The topological polar surface area (TPSA) is 107 Å². The van der Waals surface area contributed by atoms with E-state index >= 15 is 0 Å². The number of rotatable bonds is 2. The fourth-order valence-corrected chi connectivity index (χ4v) is 0.368. The van der Waals surface area contributed by atoms with Gasteiger partial charge in [-0.15, -0.1) is 0 Å². The highest BCUT2D eigenvalue weighted by molar-refractivity contribution is 7.47. The van der Waals surface area contributed by atoms with Crippen LogP contribution in [0.3, 0.4) is 0 Å². The van der Waals surface area contributed by atoms with Crippen molar-refractivity contribution in [3.63, 3.8) is 0 Å². The molecule has 8 heavy (non-hydrogen) atoms. The molecule has 0 aliphatic heterocycles. The molecule has 6 nitrogen and oxygen atoms in total. The fraction of sp³-hybridized carbons (Fsp3) is 0. The molecule has 0 fully saturated rings. The third kappa shape index (κ3) is 6.09. The predicted octanol–water partition coefficient (Wildman–Crippen LogP) is -1.93. The van der Waals surface area contributed by atoms with E-state index in [4.69, 9.17) is 19.8 Å². The minimum atomic E-state index is -4.72. The summed E-state index contributed by atoms with van der Waals surface area (Å²) in [6, 6.07) is 0. The monoisotopic (exact) mass is 142 g/mol. The second-order valence-corrected chi connectivity index (χ2v) is 2.11. The SMILES string of the molecule is O=P(O)(O)OB(O)O. The van der Waals surface area contributed by atoms with Crippen LogP contribution >= 0.6 is 7.82 Å². The molecule has 0 aliphatic carbocycles. The van der Waals surface area contributed by atoms with Gasteiger partial charge >= 0.3 is 15.1 Å². The minimum absolute atomic E-state index is 2.42. The van der Waals surface area contributed by atoms with Gasteiger partial charge in [0.25, 0.3) is 0 Å². The molecular formula is H4BO6P. The second-order valence-electron chi connectivity index (χ2n) is 0.922. The maximum absolute atomic E-state index is 9.59. The molecule has 0 radical (unpaired) electrons. The Morgan fingerprint density at radius 1 is 1.38 bits per heavy atom. The van der Waals surface area contributed by atoms with Gasteiger partial charge in [-0.25, -0.2) is 4.57 Å². The molecule has 0 rings (SSSR count). The van der Waals surface area contributed by atoms with Gasteiger partial charge in [0.2, 0.25) is 0 Å². The number of phosphoric acid groups is 1. The Bertz CT molecular complexity index is 101. The van der Waals surface area contributed by atoms with Crippen LogP contribution in [0.1, 0.15) is 0 Å². The lowest BCUT2D eigenvalue weighted by Gasteiger charge is -2.00. The molecule has 0 aromatic carbocycles. The first-order valence-electron chi connectivity index (χ1n) is 1.52. The van der Waals surface area contributed by atoms with Crippen molar-refractivity contribution >= 4 is 15.1 Å². The summed E-state index contributed by atoms with van der Waals surface area (Å²) in [5.41, 5.74) is 0. The summed E-state index contributed by atoms with van der Waals surface area (Å²) >= 11 is 0. The Kier molecular flexibility index (Phi) is 2.62. The van der Waals surface area contributed by atoms with Crippen LogP contribution in [0, 0.1) is 0 Å². The Balaban J connectivity index is 3.56. The Hall–Kier alpha value is 0.0949. The van der Waals surface area contributed by atoms with Crippen molar-refractivity contribution in [3.8, 4) is 0 Å². The van der Waals surface area contributed by atoms with Crippen molar-refractivity contribution in [2.75, 3.05) is 0 Å². The number of hydrogen-bond acceptors (Lipinski definition) is 4. The molecule has 0 heterocycles. The molecule has 48 valence electrons. The maximum Gasteiger partial charge on any atom is 0.642 e. The van der Waals surface area contributed by atoms with Crippen molar-refractivity contribution in [2.24, 2.45) is 0 Å². The third-order valence-corrected chi connectivity index (χ3v) is 0.695. The molecule has 0 aromatic heterocycles. The van der Waals surface area contributed by atoms with Crippen molar-refractivity contribution in [2.45, 2.75) is 0 Å². The Morgan fingerprint density at radius 2 is 1.75 bits per heavy atom. The molecular weight excluding hydrogens is 138 g/mol. The zero-order valence-electron chi connectivity index (χ0n) is 3.63. The summed E-state index contributed by atoms with van der Waals surface area (Å²) in [6.07, 6.45) is 0. The van der Waals surface area contributed by atoms with E-state index in [1.165, 1.54) is 0 Å². The zero-order valence-corrected chi connectivity index (χ0v) is 4.52. The van der Waals surface area contributed by atoms with Crippen molar-refractivity contribution in [3.05, 3.63) is 0 Å². The maximum atomic E-state index is 9.59. The van der Waals surface area contributed by atoms with Crippen LogP contribution in [0.15, 0.2) is 0 Å². The van der Waals surface area contributed by atoms with E-state index in [1.807, 2.05) is 0 Å². The first-order valence-corrected chi connectivity index (χ1v) is 3.05. The fourth-order valence-electron chi connectivity index (χ4n) is 0.123. The first-order chi connectivity index (χ1) is 3.42. The molecule has 0 aromatic rings. The molecule has 0 unspecified atom stereocenters. The van der Waals surface area contributed by atoms with Gasteiger partial charge in [-0.2, -0.15) is 0 Å². The van der Waals surface area contributed by atoms with Crippen LogP contribution in [-0.2, 0) is 9.01 Å². The van der Waals surface area contributed by atoms with E-state index in [2.05, 4.69) is 4.44 Å². The van der Waals surface area contributed by atoms with E-state index in [0.717, 1.165) is 0 Å². The Morgan fingerprint density at radius 3 is 1.75 bits per heavy atom. The van der Waals surface area contributed by atoms with E-state index in [-0.39, 0.29) is 0 Å². The predicted molar refractivity (Wildman–Crippen MR) is 23.3 cm³/mol. The summed E-state index contributed by atoms with van der Waals surface area (Å²) in [7, 11) is -7.14. The van der Waals surface area contributed by atoms with E-state index in [1.54, 1.807) is 0 Å². The smallest absolute Gasteiger partial charge is 0.401 e. The van der Waals surface area contributed by atoms with Gasteiger partial charge in [-0.1, -0.05) is 0 Å². The highest BCUT2D eigenvalue weighted by Gasteiger charge is 2.23. The second kappa shape index (κ2) is 2.59. The van der Waals surface area contributed by atoms with Gasteiger partial charge in [-0.3, -0.25) is 4.44 Å². The normalized spacial score (nSPS) is 11.5. The van der Waals surface area contributed by atoms with Gasteiger partial charge in [-0.05, 0) is 0 Å². The molecule has 0 spiro atoms. The lowest BCUT2D eigenvalue weighted by molar-refractivity contribution is 0.219. The van der Waals surface area contributed by atoms with Crippen LogP contribution in [-0.4, -0.2) is 27.2 Å². The van der Waals surface area contributed by atoms with Crippen LogP contribution < -0.4 is 0 Å². The lowest BCUT2D eigenvalue weighted by atomic mass is 10.3. The van der Waals surface area contributed by atoms with Gasteiger partial charge in [0, 0.05) is 0 Å². The molecule has 0 saturated carbocycles. The summed E-state index contributed by atoms with van der Waals surface area (Å²) in [6.45, 7) is 0. The van der Waals surface area contributed by atoms with Gasteiger partial charge < -0.3 is 19.8 Å². The summed E-state index contributed by atoms with van der Waals surface area (Å²) in [5, 5.41) is 15.5. The van der Waals surface area contributed by atoms with Crippen molar-refractivity contribution in [1.29, 1.82) is 0 Å². The molecule has 0 aliphatic rings. The summed E-state index contributed by atoms with van der Waals surface area (Å²) < 4.78 is 12.8. The largest absolute Gasteiger partial charge is 0.642 e. The van der Waals surface area contributed by atoms with E-state index in [9.17, 15) is 4.57 Å². The van der Waals surface area contributed by atoms with Gasteiger partial charge in [0.05, 0.1) is 0 Å². The molecule has 4 N–H and O–H groups in total. The quantitative estimate of drug-likeness (QED) is 0.264. The van der Waals surface area contributed by atoms with Crippen molar-refractivity contribution in [1.82, 2.24) is 0 Å². The molecule has 0 amide bonds. The summed E-state index contributed by atoms with van der Waals surface area (Å²) in [4.78, 5) is 15.5. The minimum Gasteiger partial charge on any atom is -0.401 e. The highest BCUT2D eigenvalue weighted by atomic mass is 31.2. The molecule has 0 atom stereocenters. The standard InChI is InChI=1S/BH4O6P/c2-1(3)7-8(4,5)6/h2-3H,(H2,4,5,6). The highest BCUT2D eigenvalue weighted by Crippen LogP contribution is 2.35. The average molecular weight is 142 g/mol. The zero-order chi connectivity index (χ0) is 6.78. The molecule has 0 bridgehead atoms. The first kappa shape index (κ1) is 8.09. The molecule has 8 heteroatoms. The molecule has 0 saturated heterocycles. The summed E-state index contributed by atoms with van der Waals surface area (Å²) in [5.74, 6) is 0. The van der Waals surface area contributed by atoms with Gasteiger partial charge in [0.1, 0.15) is 0 Å². The average Bonchev–Trinajstić information content (AvgIpc) is 1.21. The van der Waals surface area contributed by atoms with Crippen LogP contribution in [0.4, 0.5) is 0 Å². The van der Waals surface area contributed by atoms with Gasteiger partial charge in [0.15, 0.2) is 0 Å². The van der Waals surface area contributed by atoms with Crippen LogP contribution in [0.5, 0.6) is 0 Å². The lowest BCUT2D eigenvalue weighted by Crippen LogP contribution is -2.14. The third-order valence-electron chi connectivity index (χ3n) is 0.232. The Labute approximate surface area is 45.1 Å². The van der Waals surface area contributed by atoms with Crippen LogP contribution in [0.25, 0.3) is 0 Å². The van der Waals surface area contributed by atoms with Crippen LogP contribution in [0.2, 0.25) is 0 Å².